The Morgan fingerprint density at radius 3 is 2.18 bits per heavy atom. The van der Waals surface area contributed by atoms with E-state index in [1.807, 2.05) is 0 Å². The van der Waals surface area contributed by atoms with E-state index in [4.69, 9.17) is 9.47 Å². The van der Waals surface area contributed by atoms with Gasteiger partial charge in [0.2, 0.25) is 11.8 Å². The summed E-state index contributed by atoms with van der Waals surface area (Å²) in [6, 6.07) is 12.8. The fraction of sp³-hybridized carbons (Fsp3) is 0.333. The molecule has 6 atom stereocenters. The van der Waals surface area contributed by atoms with Crippen LogP contribution in [0.3, 0.4) is 0 Å². The van der Waals surface area contributed by atoms with Crippen LogP contribution in [0.2, 0.25) is 0 Å². The fourth-order valence-corrected chi connectivity index (χ4v) is 6.06. The van der Waals surface area contributed by atoms with Crippen LogP contribution < -0.4 is 9.64 Å². The van der Waals surface area contributed by atoms with Gasteiger partial charge in [0, 0.05) is 5.56 Å². The second-order valence-corrected chi connectivity index (χ2v) is 9.44. The number of rotatable bonds is 6. The molecule has 1 aliphatic heterocycles. The Kier molecular flexibility index (Phi) is 4.69. The topological polar surface area (TPSA) is 90.0 Å². The van der Waals surface area contributed by atoms with Crippen LogP contribution in [0.5, 0.6) is 5.75 Å². The number of imide groups is 1. The molecule has 7 nitrogen and oxygen atoms in total. The molecule has 1 saturated heterocycles. The van der Waals surface area contributed by atoms with Crippen LogP contribution in [0.15, 0.2) is 60.7 Å². The Balaban J connectivity index is 1.17. The number of amides is 2. The summed E-state index contributed by atoms with van der Waals surface area (Å²) < 4.78 is 10.3. The molecule has 7 heteroatoms. The monoisotopic (exact) mass is 457 g/mol. The number of allylic oxidation sites excluding steroid dienone is 2. The maximum atomic E-state index is 13.3. The maximum absolute atomic E-state index is 13.3. The summed E-state index contributed by atoms with van der Waals surface area (Å²) in [5.41, 5.74) is 0.951. The van der Waals surface area contributed by atoms with Gasteiger partial charge in [-0.1, -0.05) is 18.2 Å². The smallest absolute Gasteiger partial charge is 0.338 e. The van der Waals surface area contributed by atoms with Crippen molar-refractivity contribution in [3.63, 3.8) is 0 Å². The summed E-state index contributed by atoms with van der Waals surface area (Å²) in [7, 11) is 1.54. The van der Waals surface area contributed by atoms with Crippen molar-refractivity contribution in [3.8, 4) is 5.75 Å². The van der Waals surface area contributed by atoms with E-state index in [9.17, 15) is 19.2 Å². The van der Waals surface area contributed by atoms with Gasteiger partial charge in [0.05, 0.1) is 30.2 Å². The van der Waals surface area contributed by atoms with Gasteiger partial charge in [0.15, 0.2) is 12.4 Å². The van der Waals surface area contributed by atoms with Crippen LogP contribution in [-0.2, 0) is 14.3 Å². The Morgan fingerprint density at radius 1 is 0.912 bits per heavy atom. The number of carbonyl (C=O) groups is 4. The number of ketones is 1. The van der Waals surface area contributed by atoms with Crippen molar-refractivity contribution in [2.75, 3.05) is 18.6 Å². The molecule has 172 valence electrons. The van der Waals surface area contributed by atoms with Crippen molar-refractivity contribution < 1.29 is 28.7 Å². The number of methoxy groups -OCH3 is 1. The van der Waals surface area contributed by atoms with Crippen LogP contribution in [0.4, 0.5) is 5.69 Å². The highest BCUT2D eigenvalue weighted by atomic mass is 16.5. The second-order valence-electron chi connectivity index (χ2n) is 9.44. The molecule has 0 radical (unpaired) electrons. The summed E-state index contributed by atoms with van der Waals surface area (Å²) >= 11 is 0. The molecule has 2 aromatic rings. The predicted octanol–water partition coefficient (Wildman–Crippen LogP) is 3.29. The van der Waals surface area contributed by atoms with Gasteiger partial charge in [-0.25, -0.2) is 9.69 Å². The van der Waals surface area contributed by atoms with Crippen molar-refractivity contribution in [2.24, 2.45) is 35.5 Å². The van der Waals surface area contributed by atoms with Crippen molar-refractivity contribution in [3.05, 3.63) is 71.8 Å². The Labute approximate surface area is 196 Å². The number of Topliss-reactive ketones (excluding diaryl/α,β-unsaturated/α-hetero) is 1. The maximum Gasteiger partial charge on any atom is 0.338 e. The fourth-order valence-electron chi connectivity index (χ4n) is 6.06. The first-order chi connectivity index (χ1) is 16.5. The van der Waals surface area contributed by atoms with Crippen LogP contribution in [-0.4, -0.2) is 37.3 Å². The Bertz CT molecular complexity index is 1210. The van der Waals surface area contributed by atoms with Gasteiger partial charge in [-0.3, -0.25) is 14.4 Å². The lowest BCUT2D eigenvalue weighted by atomic mass is 9.63. The molecule has 0 N–H and O–H groups in total. The van der Waals surface area contributed by atoms with Crippen LogP contribution in [0, 0.1) is 35.5 Å². The first-order valence-corrected chi connectivity index (χ1v) is 11.5. The first kappa shape index (κ1) is 20.8. The van der Waals surface area contributed by atoms with Gasteiger partial charge in [0.25, 0.3) is 0 Å². The first-order valence-electron chi connectivity index (χ1n) is 11.5. The number of hydrogen-bond acceptors (Lipinski definition) is 6. The summed E-state index contributed by atoms with van der Waals surface area (Å²) in [5.74, 6) is -0.0530. The quantitative estimate of drug-likeness (QED) is 0.286. The van der Waals surface area contributed by atoms with Crippen molar-refractivity contribution in [1.82, 2.24) is 0 Å². The van der Waals surface area contributed by atoms with Crippen molar-refractivity contribution in [1.29, 1.82) is 0 Å². The van der Waals surface area contributed by atoms with Crippen molar-refractivity contribution in [2.45, 2.75) is 6.42 Å². The van der Waals surface area contributed by atoms with Crippen LogP contribution in [0.1, 0.15) is 27.1 Å². The molecule has 4 aliphatic carbocycles. The third kappa shape index (κ3) is 3.10. The number of anilines is 1. The van der Waals surface area contributed by atoms with Gasteiger partial charge in [0.1, 0.15) is 5.75 Å². The number of nitrogens with zero attached hydrogens (tertiary/aromatic N) is 1. The Hall–Kier alpha value is -3.74. The average Bonchev–Trinajstić information content (AvgIpc) is 3.65. The zero-order valence-electron chi connectivity index (χ0n) is 18.5. The van der Waals surface area contributed by atoms with E-state index in [2.05, 4.69) is 12.2 Å². The molecular formula is C27H23NO6. The molecule has 2 bridgehead atoms. The lowest BCUT2D eigenvalue weighted by Crippen LogP contribution is -2.40. The number of esters is 1. The van der Waals surface area contributed by atoms with E-state index >= 15 is 0 Å². The number of hydrogen-bond donors (Lipinski definition) is 0. The lowest BCUT2D eigenvalue weighted by molar-refractivity contribution is -0.124. The van der Waals surface area contributed by atoms with E-state index < -0.39 is 12.6 Å². The molecule has 0 spiro atoms. The van der Waals surface area contributed by atoms with E-state index in [0.29, 0.717) is 28.8 Å². The largest absolute Gasteiger partial charge is 0.497 e. The average molecular weight is 457 g/mol. The molecule has 3 fully saturated rings. The highest BCUT2D eigenvalue weighted by Gasteiger charge is 2.67. The lowest BCUT2D eigenvalue weighted by Gasteiger charge is -2.37. The number of ether oxygens (including phenoxy) is 2. The third-order valence-electron chi connectivity index (χ3n) is 7.75. The molecule has 6 unspecified atom stereocenters. The van der Waals surface area contributed by atoms with E-state index in [-0.39, 0.29) is 46.8 Å². The summed E-state index contributed by atoms with van der Waals surface area (Å²) in [5, 5.41) is 0. The third-order valence-corrected chi connectivity index (χ3v) is 7.75. The molecule has 2 aromatic carbocycles. The SMILES string of the molecule is COc1ccc(C(=O)COC(=O)c2cccc(N3C(=O)C4C5C=CC(C6CC56)C4C3=O)c2)cc1. The molecular weight excluding hydrogens is 434 g/mol. The highest BCUT2D eigenvalue weighted by molar-refractivity contribution is 6.23. The van der Waals surface area contributed by atoms with Gasteiger partial charge in [-0.2, -0.15) is 0 Å². The minimum Gasteiger partial charge on any atom is -0.497 e. The minimum absolute atomic E-state index is 0.138. The van der Waals surface area contributed by atoms with Gasteiger partial charge in [-0.05, 0) is 72.6 Å². The zero-order chi connectivity index (χ0) is 23.6. The second kappa shape index (κ2) is 7.65. The normalized spacial score (nSPS) is 30.1. The van der Waals surface area contributed by atoms with Crippen molar-refractivity contribution >= 4 is 29.3 Å². The standard InChI is InChI=1S/C27H23NO6/c1-33-17-7-5-14(6-8-17)22(29)13-34-27(32)15-3-2-4-16(11-15)28-25(30)23-18-9-10-19(21-12-20(18)21)24(23)26(28)31/h2-11,18-21,23-24H,12-13H2,1H3. The summed E-state index contributed by atoms with van der Waals surface area (Å²) in [6.07, 6.45) is 5.36. The minimum atomic E-state index is -0.691. The molecule has 1 heterocycles. The van der Waals surface area contributed by atoms with Gasteiger partial charge in [-0.15, -0.1) is 0 Å². The van der Waals surface area contributed by atoms with E-state index in [1.54, 1.807) is 42.5 Å². The molecule has 34 heavy (non-hydrogen) atoms. The van der Waals surface area contributed by atoms with Crippen LogP contribution in [0.25, 0.3) is 0 Å². The zero-order valence-corrected chi connectivity index (χ0v) is 18.5. The molecule has 5 aliphatic rings. The molecule has 2 amide bonds. The molecule has 0 aromatic heterocycles. The predicted molar refractivity (Wildman–Crippen MR) is 121 cm³/mol. The molecule has 2 saturated carbocycles. The highest BCUT2D eigenvalue weighted by Crippen LogP contribution is 2.65. The number of carbonyl (C=O) groups excluding carboxylic acids is 4. The van der Waals surface area contributed by atoms with E-state index in [0.717, 1.165) is 6.42 Å². The Morgan fingerprint density at radius 2 is 1.56 bits per heavy atom. The summed E-state index contributed by atoms with van der Waals surface area (Å²) in [6.45, 7) is -0.418. The number of benzene rings is 2. The van der Waals surface area contributed by atoms with E-state index in [1.165, 1.54) is 18.1 Å². The summed E-state index contributed by atoms with van der Waals surface area (Å²) in [4.78, 5) is 52.8. The van der Waals surface area contributed by atoms with Gasteiger partial charge >= 0.3 is 5.97 Å². The molecule has 7 rings (SSSR count). The van der Waals surface area contributed by atoms with Crippen LogP contribution >= 0.6 is 0 Å². The van der Waals surface area contributed by atoms with Gasteiger partial charge < -0.3 is 9.47 Å².